The SMILES string of the molecule is CN1CC(CCNC(=O)CCc2ccccc2)OC1=O. The van der Waals surface area contributed by atoms with Crippen LogP contribution >= 0.6 is 0 Å². The molecule has 2 amide bonds. The molecule has 1 aliphatic heterocycles. The quantitative estimate of drug-likeness (QED) is 0.858. The Morgan fingerprint density at radius 3 is 2.80 bits per heavy atom. The van der Waals surface area contributed by atoms with Gasteiger partial charge < -0.3 is 15.0 Å². The molecule has 1 aromatic rings. The second kappa shape index (κ2) is 6.93. The molecule has 20 heavy (non-hydrogen) atoms. The van der Waals surface area contributed by atoms with Crippen molar-refractivity contribution in [3.63, 3.8) is 0 Å². The van der Waals surface area contributed by atoms with Gasteiger partial charge in [-0.05, 0) is 12.0 Å². The van der Waals surface area contributed by atoms with Crippen LogP contribution in [0.25, 0.3) is 0 Å². The maximum absolute atomic E-state index is 11.7. The number of hydrogen-bond acceptors (Lipinski definition) is 3. The van der Waals surface area contributed by atoms with Crippen LogP contribution in [0.5, 0.6) is 0 Å². The van der Waals surface area contributed by atoms with Gasteiger partial charge in [-0.25, -0.2) is 4.79 Å². The van der Waals surface area contributed by atoms with Crippen molar-refractivity contribution in [1.82, 2.24) is 10.2 Å². The number of aryl methyl sites for hydroxylation is 1. The fraction of sp³-hybridized carbons (Fsp3) is 0.467. The Morgan fingerprint density at radius 1 is 1.40 bits per heavy atom. The van der Waals surface area contributed by atoms with Crippen molar-refractivity contribution in [1.29, 1.82) is 0 Å². The highest BCUT2D eigenvalue weighted by Crippen LogP contribution is 2.11. The highest BCUT2D eigenvalue weighted by atomic mass is 16.6. The fourth-order valence-electron chi connectivity index (χ4n) is 2.16. The molecule has 1 saturated heterocycles. The summed E-state index contributed by atoms with van der Waals surface area (Å²) in [6.07, 6.45) is 1.49. The van der Waals surface area contributed by atoms with E-state index in [-0.39, 0.29) is 18.1 Å². The first-order valence-corrected chi connectivity index (χ1v) is 6.87. The second-order valence-electron chi connectivity index (χ2n) is 5.01. The lowest BCUT2D eigenvalue weighted by Gasteiger charge is -2.09. The van der Waals surface area contributed by atoms with E-state index in [0.29, 0.717) is 25.9 Å². The van der Waals surface area contributed by atoms with E-state index in [2.05, 4.69) is 5.32 Å². The van der Waals surface area contributed by atoms with Crippen molar-refractivity contribution in [3.05, 3.63) is 35.9 Å². The van der Waals surface area contributed by atoms with Gasteiger partial charge in [-0.1, -0.05) is 30.3 Å². The van der Waals surface area contributed by atoms with Crippen molar-refractivity contribution < 1.29 is 14.3 Å². The highest BCUT2D eigenvalue weighted by molar-refractivity contribution is 5.76. The summed E-state index contributed by atoms with van der Waals surface area (Å²) in [5.41, 5.74) is 1.16. The molecule has 108 valence electrons. The lowest BCUT2D eigenvalue weighted by molar-refractivity contribution is -0.121. The van der Waals surface area contributed by atoms with Crippen LogP contribution in [-0.4, -0.2) is 43.1 Å². The molecule has 5 heteroatoms. The molecule has 1 aliphatic rings. The van der Waals surface area contributed by atoms with Gasteiger partial charge in [0.05, 0.1) is 6.54 Å². The molecule has 2 rings (SSSR count). The number of rotatable bonds is 6. The number of ether oxygens (including phenoxy) is 1. The van der Waals surface area contributed by atoms with Crippen LogP contribution in [0.3, 0.4) is 0 Å². The van der Waals surface area contributed by atoms with Crippen LogP contribution in [-0.2, 0) is 16.0 Å². The first-order valence-electron chi connectivity index (χ1n) is 6.87. The Hall–Kier alpha value is -2.04. The van der Waals surface area contributed by atoms with E-state index in [1.807, 2.05) is 30.3 Å². The molecule has 0 bridgehead atoms. The van der Waals surface area contributed by atoms with E-state index in [4.69, 9.17) is 4.74 Å². The first-order chi connectivity index (χ1) is 9.65. The molecule has 0 aliphatic carbocycles. The number of carbonyl (C=O) groups is 2. The molecule has 0 radical (unpaired) electrons. The van der Waals surface area contributed by atoms with Gasteiger partial charge in [0.1, 0.15) is 6.10 Å². The largest absolute Gasteiger partial charge is 0.444 e. The minimum absolute atomic E-state index is 0.0338. The van der Waals surface area contributed by atoms with Gasteiger partial charge in [0.15, 0.2) is 0 Å². The molecule has 0 aromatic heterocycles. The molecule has 0 saturated carbocycles. The Bertz CT molecular complexity index is 461. The minimum atomic E-state index is -0.287. The standard InChI is InChI=1S/C15H20N2O3/c1-17-11-13(20-15(17)19)9-10-16-14(18)8-7-12-5-3-2-4-6-12/h2-6,13H,7-11H2,1H3,(H,16,18). The smallest absolute Gasteiger partial charge is 0.409 e. The predicted octanol–water partition coefficient (Wildman–Crippen LogP) is 1.58. The number of likely N-dealkylation sites (N-methyl/N-ethyl adjacent to an activating group) is 1. The van der Waals surface area contributed by atoms with Crippen molar-refractivity contribution in [2.45, 2.75) is 25.4 Å². The first kappa shape index (κ1) is 14.4. The zero-order valence-corrected chi connectivity index (χ0v) is 11.7. The maximum atomic E-state index is 11.7. The third-order valence-electron chi connectivity index (χ3n) is 3.33. The van der Waals surface area contributed by atoms with E-state index in [1.54, 1.807) is 11.9 Å². The lowest BCUT2D eigenvalue weighted by Crippen LogP contribution is -2.28. The molecule has 0 spiro atoms. The summed E-state index contributed by atoms with van der Waals surface area (Å²) in [5, 5.41) is 2.86. The highest BCUT2D eigenvalue weighted by Gasteiger charge is 2.27. The fourth-order valence-corrected chi connectivity index (χ4v) is 2.16. The number of nitrogens with zero attached hydrogens (tertiary/aromatic N) is 1. The van der Waals surface area contributed by atoms with E-state index in [9.17, 15) is 9.59 Å². The Kier molecular flexibility index (Phi) is 4.98. The molecular formula is C15H20N2O3. The summed E-state index contributed by atoms with van der Waals surface area (Å²) in [5.74, 6) is 0.0338. The number of carbonyl (C=O) groups excluding carboxylic acids is 2. The number of nitrogens with one attached hydrogen (secondary N) is 1. The van der Waals surface area contributed by atoms with E-state index >= 15 is 0 Å². The third-order valence-corrected chi connectivity index (χ3v) is 3.33. The number of cyclic esters (lactones) is 1. The summed E-state index contributed by atoms with van der Waals surface area (Å²) < 4.78 is 5.12. The van der Waals surface area contributed by atoms with Crippen molar-refractivity contribution >= 4 is 12.0 Å². The molecule has 5 nitrogen and oxygen atoms in total. The molecular weight excluding hydrogens is 256 g/mol. The van der Waals surface area contributed by atoms with Crippen molar-refractivity contribution in [3.8, 4) is 0 Å². The Morgan fingerprint density at radius 2 is 2.15 bits per heavy atom. The van der Waals surface area contributed by atoms with Gasteiger partial charge in [0.25, 0.3) is 0 Å². The molecule has 1 atom stereocenters. The molecule has 1 unspecified atom stereocenters. The van der Waals surface area contributed by atoms with Crippen LogP contribution in [0.15, 0.2) is 30.3 Å². The zero-order valence-electron chi connectivity index (χ0n) is 11.7. The summed E-state index contributed by atoms with van der Waals surface area (Å²) in [6, 6.07) is 9.93. The minimum Gasteiger partial charge on any atom is -0.444 e. The summed E-state index contributed by atoms with van der Waals surface area (Å²) in [4.78, 5) is 24.4. The summed E-state index contributed by atoms with van der Waals surface area (Å²) in [6.45, 7) is 1.14. The van der Waals surface area contributed by atoms with Gasteiger partial charge in [-0.15, -0.1) is 0 Å². The van der Waals surface area contributed by atoms with Gasteiger partial charge in [0, 0.05) is 26.4 Å². The van der Waals surface area contributed by atoms with Crippen molar-refractivity contribution in [2.24, 2.45) is 0 Å². The second-order valence-corrected chi connectivity index (χ2v) is 5.01. The van der Waals surface area contributed by atoms with Gasteiger partial charge in [-0.2, -0.15) is 0 Å². The Balaban J connectivity index is 1.60. The summed E-state index contributed by atoms with van der Waals surface area (Å²) in [7, 11) is 1.71. The van der Waals surface area contributed by atoms with E-state index in [0.717, 1.165) is 12.0 Å². The summed E-state index contributed by atoms with van der Waals surface area (Å²) >= 11 is 0. The lowest BCUT2D eigenvalue weighted by atomic mass is 10.1. The average Bonchev–Trinajstić information content (AvgIpc) is 2.76. The van der Waals surface area contributed by atoms with Crippen LogP contribution in [0.1, 0.15) is 18.4 Å². The molecule has 1 fully saturated rings. The maximum Gasteiger partial charge on any atom is 0.409 e. The molecule has 1 aromatic carbocycles. The topological polar surface area (TPSA) is 58.6 Å². The van der Waals surface area contributed by atoms with Gasteiger partial charge in [-0.3, -0.25) is 4.79 Å². The van der Waals surface area contributed by atoms with Gasteiger partial charge >= 0.3 is 6.09 Å². The average molecular weight is 276 g/mol. The van der Waals surface area contributed by atoms with E-state index < -0.39 is 0 Å². The number of amides is 2. The normalized spacial score (nSPS) is 17.9. The van der Waals surface area contributed by atoms with Crippen LogP contribution in [0, 0.1) is 0 Å². The van der Waals surface area contributed by atoms with Crippen LogP contribution in [0.2, 0.25) is 0 Å². The monoisotopic (exact) mass is 276 g/mol. The van der Waals surface area contributed by atoms with Crippen LogP contribution in [0.4, 0.5) is 4.79 Å². The van der Waals surface area contributed by atoms with E-state index in [1.165, 1.54) is 0 Å². The van der Waals surface area contributed by atoms with Crippen molar-refractivity contribution in [2.75, 3.05) is 20.1 Å². The number of hydrogen-bond donors (Lipinski definition) is 1. The molecule has 1 N–H and O–H groups in total. The molecule has 1 heterocycles. The van der Waals surface area contributed by atoms with Gasteiger partial charge in [0.2, 0.25) is 5.91 Å². The third kappa shape index (κ3) is 4.26. The van der Waals surface area contributed by atoms with Crippen LogP contribution < -0.4 is 5.32 Å². The predicted molar refractivity (Wildman–Crippen MR) is 75.3 cm³/mol. The Labute approximate surface area is 118 Å². The zero-order chi connectivity index (χ0) is 14.4. The number of benzene rings is 1.